The summed E-state index contributed by atoms with van der Waals surface area (Å²) in [4.78, 5) is 18.8. The van der Waals surface area contributed by atoms with Crippen LogP contribution in [0.3, 0.4) is 0 Å². The fourth-order valence-electron chi connectivity index (χ4n) is 7.14. The Kier molecular flexibility index (Phi) is 17.4. The molecule has 0 atom stereocenters. The van der Waals surface area contributed by atoms with Gasteiger partial charge in [0, 0.05) is 0 Å². The van der Waals surface area contributed by atoms with Gasteiger partial charge in [-0.15, -0.1) is 69.1 Å². The van der Waals surface area contributed by atoms with Gasteiger partial charge in [0.05, 0.1) is 0 Å². The van der Waals surface area contributed by atoms with E-state index in [4.69, 9.17) is 17.0 Å². The third-order valence-electron chi connectivity index (χ3n) is 9.76. The van der Waals surface area contributed by atoms with Crippen molar-refractivity contribution in [1.82, 2.24) is 10.5 Å². The quantitative estimate of drug-likeness (QED) is 0.0622. The second kappa shape index (κ2) is 22.8. The van der Waals surface area contributed by atoms with Crippen molar-refractivity contribution in [2.45, 2.75) is 39.5 Å². The molecule has 1 radical (unpaired) electrons. The molecule has 58 heavy (non-hydrogen) atoms. The van der Waals surface area contributed by atoms with Crippen LogP contribution in [0.2, 0.25) is 0 Å². The van der Waals surface area contributed by atoms with E-state index in [1.54, 1.807) is 0 Å². The molecule has 4 nitrogen and oxygen atoms in total. The molecule has 0 heterocycles. The van der Waals surface area contributed by atoms with Gasteiger partial charge in [-0.25, -0.2) is 0 Å². The van der Waals surface area contributed by atoms with Crippen molar-refractivity contribution < 1.29 is 30.4 Å². The first-order valence-corrected chi connectivity index (χ1v) is 25.5. The van der Waals surface area contributed by atoms with Crippen LogP contribution < -0.4 is 10.5 Å². The standard InChI is InChI=1S/2C24H21.C2H4BN2O2.2ClH.Zr/c2*1-17(2)21-12-6-7-13-22(21)23-14-8-11-19-15-20(16-24(19)23)18-9-4-3-5-10-18;6-1-4-3-5-2-7;;;/h2*3-17H,1-2H3;1-2H,(H,4,6)(H,5,7);2*1H;/q2*-1;;;;+4/p-2. The van der Waals surface area contributed by atoms with Gasteiger partial charge < -0.3 is 10.5 Å². The van der Waals surface area contributed by atoms with Gasteiger partial charge in [0.1, 0.15) is 0 Å². The molecule has 0 bridgehead atoms. The van der Waals surface area contributed by atoms with Crippen LogP contribution in [0.15, 0.2) is 170 Å². The number of nitrogens with one attached hydrogen (secondary N) is 2. The normalized spacial score (nSPS) is 10.3. The van der Waals surface area contributed by atoms with Gasteiger partial charge in [-0.05, 0) is 34.1 Å². The molecule has 0 saturated heterocycles. The molecular weight excluding hydrogens is 834 g/mol. The minimum atomic E-state index is -0.826. The van der Waals surface area contributed by atoms with Crippen LogP contribution >= 0.6 is 17.0 Å². The fraction of sp³-hybridized carbons (Fsp3) is 0.120. The van der Waals surface area contributed by atoms with Crippen LogP contribution in [-0.2, 0) is 30.4 Å². The summed E-state index contributed by atoms with van der Waals surface area (Å²) in [5.41, 5.74) is 13.3. The van der Waals surface area contributed by atoms with Crippen molar-refractivity contribution >= 4 is 58.9 Å². The average molecular weight is 880 g/mol. The second-order valence-electron chi connectivity index (χ2n) is 14.1. The Balaban J connectivity index is 0.000000180. The molecule has 0 aromatic heterocycles. The third-order valence-corrected chi connectivity index (χ3v) is 9.76. The summed E-state index contributed by atoms with van der Waals surface area (Å²) in [6, 6.07) is 61.3. The Labute approximate surface area is 362 Å². The fourth-order valence-corrected chi connectivity index (χ4v) is 7.14. The average Bonchev–Trinajstić information content (AvgIpc) is 3.91. The molecule has 0 aliphatic heterocycles. The van der Waals surface area contributed by atoms with Crippen molar-refractivity contribution in [1.29, 1.82) is 0 Å². The minimum absolute atomic E-state index is 0.455. The van der Waals surface area contributed by atoms with Gasteiger partial charge in [0.15, 0.2) is 12.8 Å². The van der Waals surface area contributed by atoms with Crippen molar-refractivity contribution in [2.75, 3.05) is 0 Å². The third kappa shape index (κ3) is 11.6. The van der Waals surface area contributed by atoms with Crippen LogP contribution in [0.5, 0.6) is 0 Å². The number of benzene rings is 6. The van der Waals surface area contributed by atoms with Gasteiger partial charge in [-0.2, -0.15) is 0 Å². The van der Waals surface area contributed by atoms with Crippen LogP contribution in [0.25, 0.3) is 66.1 Å². The van der Waals surface area contributed by atoms with Crippen molar-refractivity contribution in [3.8, 4) is 44.5 Å². The number of hydrogen-bond acceptors (Lipinski definition) is 2. The van der Waals surface area contributed by atoms with E-state index in [9.17, 15) is 9.59 Å². The van der Waals surface area contributed by atoms with E-state index >= 15 is 0 Å². The zero-order valence-electron chi connectivity index (χ0n) is 33.1. The molecule has 289 valence electrons. The zero-order valence-corrected chi connectivity index (χ0v) is 37.1. The number of halogens is 2. The Morgan fingerprint density at radius 2 is 0.845 bits per heavy atom. The molecule has 2 N–H and O–H groups in total. The van der Waals surface area contributed by atoms with E-state index < -0.39 is 20.8 Å². The number of hydrogen-bond donors (Lipinski definition) is 2. The van der Waals surface area contributed by atoms with E-state index in [0.29, 0.717) is 24.7 Å². The van der Waals surface area contributed by atoms with Crippen molar-refractivity contribution in [3.05, 3.63) is 181 Å². The molecule has 0 saturated carbocycles. The number of carbonyl (C=O) groups excluding carboxylic acids is 2. The Morgan fingerprint density at radius 3 is 1.21 bits per heavy atom. The Morgan fingerprint density at radius 1 is 0.500 bits per heavy atom. The van der Waals surface area contributed by atoms with Crippen LogP contribution in [0.4, 0.5) is 0 Å². The predicted molar refractivity (Wildman–Crippen MR) is 245 cm³/mol. The van der Waals surface area contributed by atoms with E-state index in [1.165, 1.54) is 77.2 Å². The SMILES string of the molecule is CC(C)c1ccccc1-c1cccc2[cH-]c(-c3ccccc3)cc12.CC(C)c1ccccc1-c1cccc2[cH-]c(-c3ccccc3)cc12.O=CN[B]NC=O.[Cl][Zr+2][Cl]. The van der Waals surface area contributed by atoms with Crippen LogP contribution in [0, 0.1) is 0 Å². The van der Waals surface area contributed by atoms with E-state index in [-0.39, 0.29) is 0 Å². The molecular formula is C50H46BCl2N2O2Zr. The number of rotatable bonds is 10. The number of fused-ring (bicyclic) bond motifs is 2. The first-order chi connectivity index (χ1) is 28.3. The zero-order chi connectivity index (χ0) is 41.3. The summed E-state index contributed by atoms with van der Waals surface area (Å²) in [7, 11) is 11.0. The van der Waals surface area contributed by atoms with E-state index in [2.05, 4.69) is 208 Å². The van der Waals surface area contributed by atoms with E-state index in [1.807, 2.05) is 0 Å². The monoisotopic (exact) mass is 877 g/mol. The number of carbonyl (C=O) groups is 2. The summed E-state index contributed by atoms with van der Waals surface area (Å²) in [5, 5.41) is 9.50. The Bertz CT molecular complexity index is 2320. The summed E-state index contributed by atoms with van der Waals surface area (Å²) in [6.45, 7) is 9.05. The molecule has 2 amide bonds. The van der Waals surface area contributed by atoms with Crippen molar-refractivity contribution in [3.63, 3.8) is 0 Å². The number of amides is 2. The van der Waals surface area contributed by atoms with Crippen molar-refractivity contribution in [2.24, 2.45) is 0 Å². The molecule has 8 aromatic carbocycles. The van der Waals surface area contributed by atoms with E-state index in [0.717, 1.165) is 7.55 Å². The molecule has 0 aliphatic carbocycles. The maximum absolute atomic E-state index is 9.38. The molecule has 8 heteroatoms. The van der Waals surface area contributed by atoms with Gasteiger partial charge in [-0.1, -0.05) is 183 Å². The summed E-state index contributed by atoms with van der Waals surface area (Å²) in [6.07, 6.45) is 0.910. The molecule has 8 aromatic rings. The first kappa shape index (κ1) is 44.1. The predicted octanol–water partition coefficient (Wildman–Crippen LogP) is 13.4. The van der Waals surface area contributed by atoms with Gasteiger partial charge in [0.25, 0.3) is 0 Å². The molecule has 0 unspecified atom stereocenters. The topological polar surface area (TPSA) is 58.2 Å². The summed E-state index contributed by atoms with van der Waals surface area (Å²) < 4.78 is 0. The summed E-state index contributed by atoms with van der Waals surface area (Å²) in [5.74, 6) is 1.03. The maximum atomic E-state index is 9.38. The van der Waals surface area contributed by atoms with Crippen LogP contribution in [0.1, 0.15) is 50.7 Å². The first-order valence-electron chi connectivity index (χ1n) is 19.2. The molecule has 8 rings (SSSR count). The van der Waals surface area contributed by atoms with Gasteiger partial charge >= 0.3 is 45.4 Å². The molecule has 0 spiro atoms. The second-order valence-corrected chi connectivity index (χ2v) is 17.8. The van der Waals surface area contributed by atoms with Gasteiger partial charge in [-0.3, -0.25) is 9.59 Å². The molecule has 0 fully saturated rings. The Hall–Kier alpha value is -4.99. The van der Waals surface area contributed by atoms with Crippen LogP contribution in [-0.4, -0.2) is 20.4 Å². The summed E-state index contributed by atoms with van der Waals surface area (Å²) >= 11 is -0.826. The molecule has 0 aliphatic rings. The van der Waals surface area contributed by atoms with Gasteiger partial charge in [0.2, 0.25) is 0 Å².